The van der Waals surface area contributed by atoms with E-state index < -0.39 is 27.9 Å². The van der Waals surface area contributed by atoms with Crippen LogP contribution in [0.3, 0.4) is 0 Å². The standard InChI is InChI=1S/C11H15NO7S/c1-5-6(19-9(15)18-5)4-17-10(16)20-11(2,3)7(12)8(13)14/h7H,4,12H2,1-3H3,(H,13,14). The molecule has 0 amide bonds. The van der Waals surface area contributed by atoms with E-state index in [1.54, 1.807) is 0 Å². The summed E-state index contributed by atoms with van der Waals surface area (Å²) in [6.07, 6.45) is 0. The number of thioether (sulfide) groups is 1. The number of carbonyl (C=O) groups is 2. The summed E-state index contributed by atoms with van der Waals surface area (Å²) in [5.74, 6) is -1.78. The quantitative estimate of drug-likeness (QED) is 0.767. The van der Waals surface area contributed by atoms with Gasteiger partial charge in [-0.2, -0.15) is 0 Å². The fraction of sp³-hybridized carbons (Fsp3) is 0.545. The van der Waals surface area contributed by atoms with Crippen molar-refractivity contribution < 1.29 is 28.3 Å². The second-order valence-electron chi connectivity index (χ2n) is 4.49. The number of nitrogens with two attached hydrogens (primary N) is 1. The topological polar surface area (TPSA) is 133 Å². The molecule has 0 aliphatic rings. The van der Waals surface area contributed by atoms with Gasteiger partial charge < -0.3 is 24.4 Å². The van der Waals surface area contributed by atoms with Crippen molar-refractivity contribution in [3.05, 3.63) is 22.1 Å². The summed E-state index contributed by atoms with van der Waals surface area (Å²) in [7, 11) is 0. The smallest absolute Gasteiger partial charge is 0.480 e. The van der Waals surface area contributed by atoms with Gasteiger partial charge in [0.1, 0.15) is 6.04 Å². The molecule has 9 heteroatoms. The number of carbonyl (C=O) groups excluding carboxylic acids is 1. The summed E-state index contributed by atoms with van der Waals surface area (Å²) in [6.45, 7) is 4.25. The molecule has 0 aliphatic carbocycles. The molecule has 0 fully saturated rings. The Balaban J connectivity index is 2.58. The maximum Gasteiger partial charge on any atom is 0.519 e. The first kappa shape index (κ1) is 16.3. The summed E-state index contributed by atoms with van der Waals surface area (Å²) in [4.78, 5) is 33.2. The van der Waals surface area contributed by atoms with Crippen molar-refractivity contribution in [2.24, 2.45) is 5.73 Å². The van der Waals surface area contributed by atoms with Crippen LogP contribution in [0.4, 0.5) is 4.79 Å². The van der Waals surface area contributed by atoms with Crippen molar-refractivity contribution in [1.82, 2.24) is 0 Å². The van der Waals surface area contributed by atoms with Crippen LogP contribution >= 0.6 is 11.8 Å². The van der Waals surface area contributed by atoms with Crippen molar-refractivity contribution in [2.75, 3.05) is 0 Å². The molecule has 0 bridgehead atoms. The van der Waals surface area contributed by atoms with E-state index >= 15 is 0 Å². The SMILES string of the molecule is Cc1oc(=O)oc1COC(=O)SC(C)(C)C(N)C(=O)O. The molecule has 1 heterocycles. The van der Waals surface area contributed by atoms with Crippen molar-refractivity contribution in [3.63, 3.8) is 0 Å². The second-order valence-corrected chi connectivity index (χ2v) is 6.08. The van der Waals surface area contributed by atoms with Crippen molar-refractivity contribution >= 4 is 23.0 Å². The zero-order valence-corrected chi connectivity index (χ0v) is 12.0. The Morgan fingerprint density at radius 2 is 2.05 bits per heavy atom. The van der Waals surface area contributed by atoms with Gasteiger partial charge in [-0.25, -0.2) is 9.59 Å². The maximum atomic E-state index is 11.6. The first-order valence-corrected chi connectivity index (χ1v) is 6.38. The molecule has 1 unspecified atom stereocenters. The van der Waals surface area contributed by atoms with E-state index in [4.69, 9.17) is 15.6 Å². The maximum absolute atomic E-state index is 11.6. The number of hydrogen-bond acceptors (Lipinski definition) is 8. The lowest BCUT2D eigenvalue weighted by Crippen LogP contribution is -2.47. The summed E-state index contributed by atoms with van der Waals surface area (Å²) in [5.41, 5.74) is 5.47. The number of carboxylic acid groups (broad SMARTS) is 1. The molecule has 8 nitrogen and oxygen atoms in total. The highest BCUT2D eigenvalue weighted by Gasteiger charge is 2.35. The average Bonchev–Trinajstić information content (AvgIpc) is 2.63. The van der Waals surface area contributed by atoms with Gasteiger partial charge in [-0.3, -0.25) is 4.79 Å². The molecular weight excluding hydrogens is 290 g/mol. The van der Waals surface area contributed by atoms with Crippen LogP contribution in [0.25, 0.3) is 0 Å². The van der Waals surface area contributed by atoms with Crippen LogP contribution in [0.15, 0.2) is 13.6 Å². The molecule has 112 valence electrons. The molecule has 1 atom stereocenters. The van der Waals surface area contributed by atoms with E-state index in [1.165, 1.54) is 20.8 Å². The monoisotopic (exact) mass is 305 g/mol. The predicted molar refractivity (Wildman–Crippen MR) is 69.4 cm³/mol. The summed E-state index contributed by atoms with van der Waals surface area (Å²) in [6, 6.07) is -1.23. The van der Waals surface area contributed by atoms with E-state index in [0.717, 1.165) is 0 Å². The van der Waals surface area contributed by atoms with Gasteiger partial charge in [0, 0.05) is 4.75 Å². The Bertz CT molecular complexity index is 559. The minimum absolute atomic E-state index is 0.101. The third kappa shape index (κ3) is 4.14. The predicted octanol–water partition coefficient (Wildman–Crippen LogP) is 1.10. The highest BCUT2D eigenvalue weighted by Crippen LogP contribution is 2.29. The molecule has 3 N–H and O–H groups in total. The van der Waals surface area contributed by atoms with Gasteiger partial charge in [-0.15, -0.1) is 0 Å². The van der Waals surface area contributed by atoms with Crippen LogP contribution < -0.4 is 11.6 Å². The van der Waals surface area contributed by atoms with Crippen molar-refractivity contribution in [1.29, 1.82) is 0 Å². The van der Waals surface area contributed by atoms with Crippen LogP contribution in [0.1, 0.15) is 25.4 Å². The molecular formula is C11H15NO7S. The third-order valence-corrected chi connectivity index (χ3v) is 3.58. The summed E-state index contributed by atoms with van der Waals surface area (Å²) in [5, 5.41) is 8.10. The molecule has 0 aliphatic heterocycles. The molecule has 0 aromatic carbocycles. The Morgan fingerprint density at radius 3 is 2.50 bits per heavy atom. The number of aliphatic carboxylic acids is 1. The zero-order valence-electron chi connectivity index (χ0n) is 11.2. The average molecular weight is 305 g/mol. The highest BCUT2D eigenvalue weighted by atomic mass is 32.2. The number of rotatable bonds is 5. The zero-order chi connectivity index (χ0) is 15.5. The second kappa shape index (κ2) is 6.14. The van der Waals surface area contributed by atoms with Crippen LogP contribution in [-0.4, -0.2) is 27.2 Å². The number of aryl methyl sites for hydroxylation is 1. The fourth-order valence-corrected chi connectivity index (χ4v) is 2.01. The van der Waals surface area contributed by atoms with Crippen LogP contribution in [0, 0.1) is 6.92 Å². The first-order valence-electron chi connectivity index (χ1n) is 5.57. The first-order chi connectivity index (χ1) is 9.13. The fourth-order valence-electron chi connectivity index (χ4n) is 1.24. The Morgan fingerprint density at radius 1 is 1.45 bits per heavy atom. The Hall–Kier alpha value is -1.74. The summed E-state index contributed by atoms with van der Waals surface area (Å²) < 4.78 is 13.1. The minimum Gasteiger partial charge on any atom is -0.480 e. The largest absolute Gasteiger partial charge is 0.519 e. The molecule has 20 heavy (non-hydrogen) atoms. The number of carboxylic acids is 1. The van der Waals surface area contributed by atoms with E-state index in [0.29, 0.717) is 11.8 Å². The number of ether oxygens (including phenoxy) is 1. The lowest BCUT2D eigenvalue weighted by molar-refractivity contribution is -0.139. The molecule has 0 spiro atoms. The van der Waals surface area contributed by atoms with E-state index in [2.05, 4.69) is 8.83 Å². The van der Waals surface area contributed by atoms with Gasteiger partial charge >= 0.3 is 17.1 Å². The Kier molecular flexibility index (Phi) is 5.01. The lowest BCUT2D eigenvalue weighted by Gasteiger charge is -2.26. The molecule has 1 rings (SSSR count). The van der Waals surface area contributed by atoms with E-state index in [9.17, 15) is 14.4 Å². The van der Waals surface area contributed by atoms with Gasteiger partial charge in [0.25, 0.3) is 0 Å². The van der Waals surface area contributed by atoms with Gasteiger partial charge in [-0.1, -0.05) is 0 Å². The lowest BCUT2D eigenvalue weighted by atomic mass is 10.1. The van der Waals surface area contributed by atoms with Gasteiger partial charge in [0.2, 0.25) is 0 Å². The molecule has 0 saturated heterocycles. The molecule has 0 saturated carbocycles. The summed E-state index contributed by atoms with van der Waals surface area (Å²) >= 11 is 0.653. The van der Waals surface area contributed by atoms with Crippen molar-refractivity contribution in [2.45, 2.75) is 38.2 Å². The van der Waals surface area contributed by atoms with Gasteiger partial charge in [0.05, 0.1) is 0 Å². The molecule has 1 aromatic rings. The van der Waals surface area contributed by atoms with Crippen LogP contribution in [0.2, 0.25) is 0 Å². The highest BCUT2D eigenvalue weighted by molar-refractivity contribution is 8.14. The number of hydrogen-bond donors (Lipinski definition) is 2. The van der Waals surface area contributed by atoms with E-state index in [1.807, 2.05) is 0 Å². The van der Waals surface area contributed by atoms with Crippen LogP contribution in [0.5, 0.6) is 0 Å². The van der Waals surface area contributed by atoms with Gasteiger partial charge in [0.15, 0.2) is 18.1 Å². The molecule has 0 radical (unpaired) electrons. The van der Waals surface area contributed by atoms with Crippen molar-refractivity contribution in [3.8, 4) is 0 Å². The third-order valence-electron chi connectivity index (χ3n) is 2.52. The minimum atomic E-state index is -1.23. The normalized spacial score (nSPS) is 13.0. The van der Waals surface area contributed by atoms with Gasteiger partial charge in [-0.05, 0) is 32.5 Å². The van der Waals surface area contributed by atoms with E-state index in [-0.39, 0.29) is 18.1 Å². The van der Waals surface area contributed by atoms with Crippen LogP contribution in [-0.2, 0) is 16.1 Å². The Labute approximate surface area is 118 Å². The molecule has 1 aromatic heterocycles.